The Balaban J connectivity index is 1.38. The monoisotopic (exact) mass is 379 g/mol. The summed E-state index contributed by atoms with van der Waals surface area (Å²) in [5.41, 5.74) is 1.73. The molecular formula is C22H22FN3O2. The zero-order chi connectivity index (χ0) is 19.3. The van der Waals surface area contributed by atoms with Crippen molar-refractivity contribution in [3.63, 3.8) is 0 Å². The molecule has 5 nitrogen and oxygen atoms in total. The van der Waals surface area contributed by atoms with Crippen molar-refractivity contribution < 1.29 is 13.7 Å². The van der Waals surface area contributed by atoms with E-state index in [0.717, 1.165) is 19.3 Å². The average Bonchev–Trinajstić information content (AvgIpc) is 3.22. The van der Waals surface area contributed by atoms with Crippen LogP contribution in [0.5, 0.6) is 0 Å². The Kier molecular flexibility index (Phi) is 5.46. The van der Waals surface area contributed by atoms with Gasteiger partial charge in [-0.3, -0.25) is 4.79 Å². The Hall–Kier alpha value is -3.02. The quantitative estimate of drug-likeness (QED) is 0.672. The summed E-state index contributed by atoms with van der Waals surface area (Å²) in [6.07, 6.45) is 3.35. The van der Waals surface area contributed by atoms with E-state index in [1.165, 1.54) is 29.8 Å². The van der Waals surface area contributed by atoms with Crippen LogP contribution in [0.4, 0.5) is 4.39 Å². The molecule has 4 rings (SSSR count). The number of likely N-dealkylation sites (tertiary alicyclic amines) is 1. The molecule has 0 radical (unpaired) electrons. The van der Waals surface area contributed by atoms with Crippen LogP contribution in [0.3, 0.4) is 0 Å². The fourth-order valence-electron chi connectivity index (χ4n) is 3.58. The van der Waals surface area contributed by atoms with Crippen molar-refractivity contribution in [1.82, 2.24) is 15.0 Å². The highest BCUT2D eigenvalue weighted by Crippen LogP contribution is 2.26. The number of carbonyl (C=O) groups excluding carboxylic acids is 1. The predicted octanol–water partition coefficient (Wildman–Crippen LogP) is 4.01. The van der Waals surface area contributed by atoms with Crippen LogP contribution in [0.15, 0.2) is 59.1 Å². The van der Waals surface area contributed by atoms with Crippen LogP contribution in [-0.2, 0) is 12.8 Å². The van der Waals surface area contributed by atoms with Crippen LogP contribution in [0, 0.1) is 5.82 Å². The van der Waals surface area contributed by atoms with Crippen molar-refractivity contribution in [2.24, 2.45) is 0 Å². The van der Waals surface area contributed by atoms with E-state index in [0.29, 0.717) is 36.8 Å². The molecule has 0 N–H and O–H groups in total. The number of hydrogen-bond acceptors (Lipinski definition) is 4. The summed E-state index contributed by atoms with van der Waals surface area (Å²) in [6, 6.07) is 15.9. The van der Waals surface area contributed by atoms with Gasteiger partial charge in [-0.2, -0.15) is 4.98 Å². The molecule has 6 heteroatoms. The molecule has 1 saturated heterocycles. The number of hydrogen-bond donors (Lipinski definition) is 0. The Morgan fingerprint density at radius 1 is 1.11 bits per heavy atom. The first kappa shape index (κ1) is 18.3. The van der Waals surface area contributed by atoms with E-state index in [1.807, 2.05) is 18.2 Å². The second kappa shape index (κ2) is 8.33. The van der Waals surface area contributed by atoms with E-state index in [2.05, 4.69) is 22.3 Å². The Labute approximate surface area is 163 Å². The fourth-order valence-corrected chi connectivity index (χ4v) is 3.58. The zero-order valence-electron chi connectivity index (χ0n) is 15.6. The molecule has 2 aromatic carbocycles. The van der Waals surface area contributed by atoms with Gasteiger partial charge in [0.1, 0.15) is 5.82 Å². The lowest BCUT2D eigenvalue weighted by Gasteiger charge is -2.31. The molecule has 144 valence electrons. The number of halogens is 1. The molecule has 1 aromatic heterocycles. The molecule has 1 amide bonds. The van der Waals surface area contributed by atoms with Gasteiger partial charge in [0.05, 0.1) is 0 Å². The minimum absolute atomic E-state index is 0.0624. The van der Waals surface area contributed by atoms with Gasteiger partial charge in [-0.05, 0) is 49.1 Å². The number of carbonyl (C=O) groups is 1. The zero-order valence-corrected chi connectivity index (χ0v) is 15.6. The van der Waals surface area contributed by atoms with Crippen LogP contribution in [0.1, 0.15) is 46.4 Å². The third-order valence-electron chi connectivity index (χ3n) is 5.12. The molecule has 1 aliphatic heterocycles. The molecule has 0 spiro atoms. The Morgan fingerprint density at radius 2 is 1.89 bits per heavy atom. The van der Waals surface area contributed by atoms with Crippen LogP contribution < -0.4 is 0 Å². The number of piperidine rings is 1. The summed E-state index contributed by atoms with van der Waals surface area (Å²) in [5.74, 6) is 0.924. The summed E-state index contributed by atoms with van der Waals surface area (Å²) in [4.78, 5) is 19.0. The molecular weight excluding hydrogens is 357 g/mol. The Bertz CT molecular complexity index is 924. The van der Waals surface area contributed by atoms with Gasteiger partial charge in [0.25, 0.3) is 5.91 Å². The topological polar surface area (TPSA) is 59.2 Å². The predicted molar refractivity (Wildman–Crippen MR) is 102 cm³/mol. The largest absolute Gasteiger partial charge is 0.339 e. The number of nitrogens with zero attached hydrogens (tertiary/aromatic N) is 3. The fraction of sp³-hybridized carbons (Fsp3) is 0.318. The highest BCUT2D eigenvalue weighted by Gasteiger charge is 2.28. The highest BCUT2D eigenvalue weighted by molar-refractivity contribution is 5.94. The summed E-state index contributed by atoms with van der Waals surface area (Å²) < 4.78 is 18.5. The minimum Gasteiger partial charge on any atom is -0.339 e. The first-order chi connectivity index (χ1) is 13.7. The third-order valence-corrected chi connectivity index (χ3v) is 5.12. The van der Waals surface area contributed by atoms with Crippen LogP contribution in [0.25, 0.3) is 0 Å². The highest BCUT2D eigenvalue weighted by atomic mass is 19.1. The first-order valence-corrected chi connectivity index (χ1v) is 9.60. The van der Waals surface area contributed by atoms with Gasteiger partial charge in [-0.25, -0.2) is 4.39 Å². The van der Waals surface area contributed by atoms with Crippen molar-refractivity contribution >= 4 is 5.91 Å². The lowest BCUT2D eigenvalue weighted by molar-refractivity contribution is 0.0703. The van der Waals surface area contributed by atoms with Crippen LogP contribution in [-0.4, -0.2) is 34.0 Å². The molecule has 2 heterocycles. The average molecular weight is 379 g/mol. The maximum Gasteiger partial charge on any atom is 0.253 e. The van der Waals surface area contributed by atoms with Gasteiger partial charge >= 0.3 is 0 Å². The summed E-state index contributed by atoms with van der Waals surface area (Å²) >= 11 is 0. The maximum atomic E-state index is 13.1. The second-order valence-corrected chi connectivity index (χ2v) is 7.13. The van der Waals surface area contributed by atoms with Gasteiger partial charge in [-0.15, -0.1) is 0 Å². The summed E-state index contributed by atoms with van der Waals surface area (Å²) in [7, 11) is 0. The molecule has 28 heavy (non-hydrogen) atoms. The van der Waals surface area contributed by atoms with Gasteiger partial charge < -0.3 is 9.42 Å². The minimum atomic E-state index is -0.345. The van der Waals surface area contributed by atoms with E-state index in [9.17, 15) is 9.18 Å². The smallest absolute Gasteiger partial charge is 0.253 e. The maximum absolute atomic E-state index is 13.1. The van der Waals surface area contributed by atoms with Crippen molar-refractivity contribution in [1.29, 1.82) is 0 Å². The van der Waals surface area contributed by atoms with Crippen LogP contribution >= 0.6 is 0 Å². The Morgan fingerprint density at radius 3 is 2.68 bits per heavy atom. The van der Waals surface area contributed by atoms with Gasteiger partial charge in [-0.1, -0.05) is 35.5 Å². The van der Waals surface area contributed by atoms with Crippen molar-refractivity contribution in [3.8, 4) is 0 Å². The van der Waals surface area contributed by atoms with Crippen molar-refractivity contribution in [2.75, 3.05) is 13.1 Å². The molecule has 3 aromatic rings. The molecule has 0 bridgehead atoms. The van der Waals surface area contributed by atoms with E-state index in [1.54, 1.807) is 4.90 Å². The standard InChI is InChI=1S/C22H22FN3O2/c23-19-11-9-17(10-12-19)22(27)26-14-4-7-18(15-26)21-24-20(28-25-21)13-8-16-5-2-1-3-6-16/h1-3,5-6,9-12,18H,4,7-8,13-15H2. The number of aryl methyl sites for hydroxylation is 2. The molecule has 0 saturated carbocycles. The molecule has 1 aliphatic rings. The molecule has 0 aliphatic carbocycles. The normalized spacial score (nSPS) is 16.9. The second-order valence-electron chi connectivity index (χ2n) is 7.13. The number of amides is 1. The summed E-state index contributed by atoms with van der Waals surface area (Å²) in [6.45, 7) is 1.24. The van der Waals surface area contributed by atoms with Gasteiger partial charge in [0.15, 0.2) is 5.82 Å². The molecule has 1 unspecified atom stereocenters. The van der Waals surface area contributed by atoms with Crippen molar-refractivity contribution in [2.45, 2.75) is 31.6 Å². The molecule has 1 fully saturated rings. The lowest BCUT2D eigenvalue weighted by Crippen LogP contribution is -2.39. The molecule has 1 atom stereocenters. The number of benzene rings is 2. The number of rotatable bonds is 5. The summed E-state index contributed by atoms with van der Waals surface area (Å²) in [5, 5.41) is 4.16. The lowest BCUT2D eigenvalue weighted by atomic mass is 9.96. The van der Waals surface area contributed by atoms with E-state index < -0.39 is 0 Å². The van der Waals surface area contributed by atoms with Gasteiger partial charge in [0, 0.05) is 31.0 Å². The van der Waals surface area contributed by atoms with Gasteiger partial charge in [0.2, 0.25) is 5.89 Å². The SMILES string of the molecule is O=C(c1ccc(F)cc1)N1CCCC(c2noc(CCc3ccccc3)n2)C1. The van der Waals surface area contributed by atoms with E-state index in [4.69, 9.17) is 4.52 Å². The first-order valence-electron chi connectivity index (χ1n) is 9.60. The van der Waals surface area contributed by atoms with Crippen LogP contribution in [0.2, 0.25) is 0 Å². The third kappa shape index (κ3) is 4.27. The van der Waals surface area contributed by atoms with E-state index in [-0.39, 0.29) is 17.6 Å². The van der Waals surface area contributed by atoms with Crippen molar-refractivity contribution in [3.05, 3.63) is 83.3 Å². The number of aromatic nitrogens is 2. The van der Waals surface area contributed by atoms with E-state index >= 15 is 0 Å².